The molecular formula is C21H25F2N3O4S. The summed E-state index contributed by atoms with van der Waals surface area (Å²) in [6.45, 7) is 3.62. The smallest absolute Gasteiger partial charge is 0.387 e. The summed E-state index contributed by atoms with van der Waals surface area (Å²) in [7, 11) is 1.39. The number of alkyl halides is 2. The number of fused-ring (bicyclic) bond motifs is 1. The van der Waals surface area contributed by atoms with Gasteiger partial charge in [-0.3, -0.25) is 14.6 Å². The third-order valence-electron chi connectivity index (χ3n) is 5.49. The third kappa shape index (κ3) is 4.36. The number of benzene rings is 1. The second-order valence-corrected chi connectivity index (χ2v) is 9.52. The van der Waals surface area contributed by atoms with Gasteiger partial charge in [0.1, 0.15) is 0 Å². The highest BCUT2D eigenvalue weighted by atomic mass is 32.2. The molecular weight excluding hydrogens is 428 g/mol. The summed E-state index contributed by atoms with van der Waals surface area (Å²) in [5, 5.41) is 3.44. The van der Waals surface area contributed by atoms with E-state index in [-0.39, 0.29) is 34.0 Å². The molecule has 2 unspecified atom stereocenters. The number of nitrogens with one attached hydrogen (secondary N) is 1. The van der Waals surface area contributed by atoms with Gasteiger partial charge in [0.25, 0.3) is 5.56 Å². The molecule has 1 aromatic carbocycles. The van der Waals surface area contributed by atoms with E-state index in [9.17, 15) is 13.6 Å². The molecule has 168 valence electrons. The monoisotopic (exact) mass is 453 g/mol. The third-order valence-corrected chi connectivity index (χ3v) is 6.67. The zero-order chi connectivity index (χ0) is 22.3. The second kappa shape index (κ2) is 8.31. The predicted octanol–water partition coefficient (Wildman–Crippen LogP) is 4.80. The highest BCUT2D eigenvalue weighted by molar-refractivity contribution is 8.14. The molecule has 2 aromatic rings. The summed E-state index contributed by atoms with van der Waals surface area (Å²) in [4.78, 5) is 17.7. The Morgan fingerprint density at radius 1 is 1.35 bits per heavy atom. The van der Waals surface area contributed by atoms with Gasteiger partial charge in [-0.1, -0.05) is 17.8 Å². The number of methoxy groups -OCH3 is 1. The quantitative estimate of drug-likeness (QED) is 0.704. The van der Waals surface area contributed by atoms with Gasteiger partial charge in [-0.15, -0.1) is 0 Å². The van der Waals surface area contributed by atoms with Crippen LogP contribution in [-0.2, 0) is 4.74 Å². The van der Waals surface area contributed by atoms with Gasteiger partial charge >= 0.3 is 6.61 Å². The van der Waals surface area contributed by atoms with Crippen LogP contribution in [0.15, 0.2) is 28.0 Å². The minimum atomic E-state index is -2.95. The molecule has 0 spiro atoms. The fourth-order valence-electron chi connectivity index (χ4n) is 4.17. The Bertz CT molecular complexity index is 1060. The number of H-pyrrole nitrogens is 1. The zero-order valence-electron chi connectivity index (χ0n) is 17.8. The SMILES string of the molecule is COc1cc(C2SC(C)=Nc3c2c(=O)[nH]n3C2CCOC(C)(C)C2)ccc1OC(F)F. The molecule has 7 nitrogen and oxygen atoms in total. The van der Waals surface area contributed by atoms with E-state index in [1.807, 2.05) is 25.5 Å². The summed E-state index contributed by atoms with van der Waals surface area (Å²) in [6, 6.07) is 4.81. The topological polar surface area (TPSA) is 77.8 Å². The zero-order valence-corrected chi connectivity index (χ0v) is 18.6. The predicted molar refractivity (Wildman–Crippen MR) is 115 cm³/mol. The maximum Gasteiger partial charge on any atom is 0.387 e. The highest BCUT2D eigenvalue weighted by Gasteiger charge is 2.36. The van der Waals surface area contributed by atoms with Gasteiger partial charge in [0.15, 0.2) is 17.3 Å². The number of halogens is 2. The van der Waals surface area contributed by atoms with E-state index in [0.29, 0.717) is 18.0 Å². The minimum Gasteiger partial charge on any atom is -0.493 e. The molecule has 3 heterocycles. The van der Waals surface area contributed by atoms with Crippen molar-refractivity contribution in [2.24, 2.45) is 4.99 Å². The Morgan fingerprint density at radius 3 is 2.81 bits per heavy atom. The maximum atomic E-state index is 13.0. The Balaban J connectivity index is 1.75. The van der Waals surface area contributed by atoms with Crippen LogP contribution < -0.4 is 15.0 Å². The molecule has 1 saturated heterocycles. The van der Waals surface area contributed by atoms with Crippen LogP contribution in [-0.4, -0.2) is 40.8 Å². The largest absolute Gasteiger partial charge is 0.493 e. The summed E-state index contributed by atoms with van der Waals surface area (Å²) < 4.78 is 42.8. The van der Waals surface area contributed by atoms with Crippen molar-refractivity contribution in [2.45, 2.75) is 57.1 Å². The first-order valence-electron chi connectivity index (χ1n) is 10.0. The van der Waals surface area contributed by atoms with Gasteiger partial charge in [0.2, 0.25) is 0 Å². The van der Waals surface area contributed by atoms with Crippen molar-refractivity contribution in [3.8, 4) is 11.5 Å². The van der Waals surface area contributed by atoms with E-state index in [2.05, 4.69) is 14.8 Å². The van der Waals surface area contributed by atoms with Crippen LogP contribution in [0.1, 0.15) is 56.0 Å². The molecule has 31 heavy (non-hydrogen) atoms. The van der Waals surface area contributed by atoms with E-state index < -0.39 is 6.61 Å². The van der Waals surface area contributed by atoms with Gasteiger partial charge in [-0.25, -0.2) is 4.99 Å². The minimum absolute atomic E-state index is 0.0522. The number of nitrogens with zero attached hydrogens (tertiary/aromatic N) is 2. The molecule has 0 aliphatic carbocycles. The van der Waals surface area contributed by atoms with Gasteiger partial charge in [-0.2, -0.15) is 8.78 Å². The molecule has 4 rings (SSSR count). The molecule has 2 atom stereocenters. The average molecular weight is 454 g/mol. The Kier molecular flexibility index (Phi) is 5.87. The van der Waals surface area contributed by atoms with Crippen LogP contribution in [0.5, 0.6) is 11.5 Å². The Labute approximate surface area is 182 Å². The second-order valence-electron chi connectivity index (χ2n) is 8.22. The molecule has 0 saturated carbocycles. The number of aliphatic imine (C=N–C) groups is 1. The number of ether oxygens (including phenoxy) is 3. The van der Waals surface area contributed by atoms with Crippen molar-refractivity contribution in [3.63, 3.8) is 0 Å². The van der Waals surface area contributed by atoms with Crippen molar-refractivity contribution < 1.29 is 23.0 Å². The molecule has 1 fully saturated rings. The van der Waals surface area contributed by atoms with Crippen LogP contribution in [0.3, 0.4) is 0 Å². The number of aromatic amines is 1. The van der Waals surface area contributed by atoms with E-state index in [4.69, 9.17) is 9.47 Å². The first-order chi connectivity index (χ1) is 14.7. The average Bonchev–Trinajstić information content (AvgIpc) is 3.03. The van der Waals surface area contributed by atoms with E-state index in [1.165, 1.54) is 24.9 Å². The maximum absolute atomic E-state index is 13.0. The Morgan fingerprint density at radius 2 is 2.13 bits per heavy atom. The van der Waals surface area contributed by atoms with Gasteiger partial charge < -0.3 is 14.2 Å². The summed E-state index contributed by atoms with van der Waals surface area (Å²) in [5.41, 5.74) is 0.797. The lowest BCUT2D eigenvalue weighted by molar-refractivity contribution is -0.0705. The summed E-state index contributed by atoms with van der Waals surface area (Å²) in [6.07, 6.45) is 1.53. The lowest BCUT2D eigenvalue weighted by Gasteiger charge is -2.36. The van der Waals surface area contributed by atoms with Gasteiger partial charge in [0.05, 0.1) is 34.6 Å². The summed E-state index contributed by atoms with van der Waals surface area (Å²) >= 11 is 1.44. The standard InChI is InChI=1S/C21H25F2N3O4S/c1-11-24-18-16(19(27)25-26(18)13-7-8-29-21(2,3)10-13)17(31-11)12-5-6-14(30-20(22)23)15(9-12)28-4/h5-6,9,13,17,20H,7-8,10H2,1-4H3,(H,25,27). The number of hydrogen-bond donors (Lipinski definition) is 1. The van der Waals surface area contributed by atoms with Crippen LogP contribution in [0.2, 0.25) is 0 Å². The van der Waals surface area contributed by atoms with Crippen LogP contribution in [0.25, 0.3) is 0 Å². The molecule has 10 heteroatoms. The first kappa shape index (κ1) is 21.9. The molecule has 0 amide bonds. The molecule has 0 bridgehead atoms. The number of thioether (sulfide) groups is 1. The fourth-order valence-corrected chi connectivity index (χ4v) is 5.26. The van der Waals surface area contributed by atoms with Crippen molar-refractivity contribution in [1.82, 2.24) is 9.78 Å². The highest BCUT2D eigenvalue weighted by Crippen LogP contribution is 2.47. The van der Waals surface area contributed by atoms with E-state index in [1.54, 1.807) is 12.1 Å². The number of hydrogen-bond acceptors (Lipinski definition) is 6. The first-order valence-corrected chi connectivity index (χ1v) is 10.9. The van der Waals surface area contributed by atoms with Crippen molar-refractivity contribution in [3.05, 3.63) is 39.7 Å². The Hall–Kier alpha value is -2.33. The lowest BCUT2D eigenvalue weighted by atomic mass is 9.94. The van der Waals surface area contributed by atoms with Crippen LogP contribution >= 0.6 is 11.8 Å². The van der Waals surface area contributed by atoms with E-state index in [0.717, 1.165) is 23.4 Å². The molecule has 2 aliphatic heterocycles. The summed E-state index contributed by atoms with van der Waals surface area (Å²) in [5.74, 6) is 0.742. The molecule has 1 aromatic heterocycles. The van der Waals surface area contributed by atoms with E-state index >= 15 is 0 Å². The normalized spacial score (nSPS) is 22.7. The number of aromatic nitrogens is 2. The molecule has 0 radical (unpaired) electrons. The van der Waals surface area contributed by atoms with Crippen LogP contribution in [0, 0.1) is 0 Å². The van der Waals surface area contributed by atoms with Gasteiger partial charge in [0, 0.05) is 6.61 Å². The van der Waals surface area contributed by atoms with Gasteiger partial charge in [-0.05, 0) is 51.3 Å². The van der Waals surface area contributed by atoms with Crippen molar-refractivity contribution in [2.75, 3.05) is 13.7 Å². The number of rotatable bonds is 5. The van der Waals surface area contributed by atoms with Crippen molar-refractivity contribution >= 4 is 22.6 Å². The van der Waals surface area contributed by atoms with Crippen LogP contribution in [0.4, 0.5) is 14.6 Å². The molecule has 2 aliphatic rings. The molecule has 1 N–H and O–H groups in total. The lowest BCUT2D eigenvalue weighted by Crippen LogP contribution is -2.35. The van der Waals surface area contributed by atoms with Crippen molar-refractivity contribution in [1.29, 1.82) is 0 Å². The fraction of sp³-hybridized carbons (Fsp3) is 0.524.